The molecule has 0 spiro atoms. The number of hydrogen-bond acceptors (Lipinski definition) is 5. The van der Waals surface area contributed by atoms with E-state index in [4.69, 9.17) is 16.3 Å². The molecule has 150 valence electrons. The van der Waals surface area contributed by atoms with Gasteiger partial charge < -0.3 is 10.1 Å². The number of halogens is 4. The summed E-state index contributed by atoms with van der Waals surface area (Å²) < 4.78 is 43.4. The molecular formula is C17H14ClF3N2O4S. The van der Waals surface area contributed by atoms with E-state index in [2.05, 4.69) is 5.32 Å². The standard InChI is InChI=1S/C17H14ClF3N2O4S/c18-12-2-4-13(5-3-12)27-8-7-22-16(24)10-28-15-6-1-11(17(19,20)21)9-14(15)23(25)26/h1-6,9H,7-8,10H2,(H,22,24). The van der Waals surface area contributed by atoms with E-state index >= 15 is 0 Å². The summed E-state index contributed by atoms with van der Waals surface area (Å²) in [6.45, 7) is 0.385. The molecule has 2 rings (SSSR count). The normalized spacial score (nSPS) is 11.1. The van der Waals surface area contributed by atoms with Crippen molar-refractivity contribution in [3.05, 3.63) is 63.2 Å². The van der Waals surface area contributed by atoms with E-state index in [1.807, 2.05) is 0 Å². The number of hydrogen-bond donors (Lipinski definition) is 1. The van der Waals surface area contributed by atoms with Gasteiger partial charge in [0.25, 0.3) is 5.69 Å². The van der Waals surface area contributed by atoms with Crippen molar-refractivity contribution in [2.75, 3.05) is 18.9 Å². The van der Waals surface area contributed by atoms with Crippen LogP contribution in [0.1, 0.15) is 5.56 Å². The molecule has 0 radical (unpaired) electrons. The van der Waals surface area contributed by atoms with Crippen molar-refractivity contribution in [1.29, 1.82) is 0 Å². The van der Waals surface area contributed by atoms with Crippen LogP contribution in [0, 0.1) is 10.1 Å². The van der Waals surface area contributed by atoms with Gasteiger partial charge in [-0.25, -0.2) is 0 Å². The average molecular weight is 435 g/mol. The van der Waals surface area contributed by atoms with Crippen LogP contribution in [0.2, 0.25) is 5.02 Å². The van der Waals surface area contributed by atoms with Crippen molar-refractivity contribution in [1.82, 2.24) is 5.32 Å². The van der Waals surface area contributed by atoms with Gasteiger partial charge in [-0.1, -0.05) is 11.6 Å². The van der Waals surface area contributed by atoms with Crippen molar-refractivity contribution < 1.29 is 27.6 Å². The van der Waals surface area contributed by atoms with Crippen molar-refractivity contribution >= 4 is 35.0 Å². The minimum atomic E-state index is -4.69. The Morgan fingerprint density at radius 3 is 2.50 bits per heavy atom. The average Bonchev–Trinajstić information content (AvgIpc) is 2.64. The maximum atomic E-state index is 12.7. The smallest absolute Gasteiger partial charge is 0.416 e. The van der Waals surface area contributed by atoms with Crippen LogP contribution in [0.25, 0.3) is 0 Å². The Kier molecular flexibility index (Phi) is 7.53. The van der Waals surface area contributed by atoms with Crippen LogP contribution in [0.4, 0.5) is 18.9 Å². The maximum absolute atomic E-state index is 12.7. The Morgan fingerprint density at radius 1 is 1.21 bits per heavy atom. The molecule has 1 N–H and O–H groups in total. The zero-order valence-corrected chi connectivity index (χ0v) is 15.7. The van der Waals surface area contributed by atoms with Crippen molar-refractivity contribution in [3.63, 3.8) is 0 Å². The van der Waals surface area contributed by atoms with E-state index in [-0.39, 0.29) is 23.8 Å². The van der Waals surface area contributed by atoms with Crippen LogP contribution >= 0.6 is 23.4 Å². The Bertz CT molecular complexity index is 847. The molecule has 0 aromatic heterocycles. The number of nitrogens with one attached hydrogen (secondary N) is 1. The van der Waals surface area contributed by atoms with Gasteiger partial charge in [-0.3, -0.25) is 14.9 Å². The van der Waals surface area contributed by atoms with Gasteiger partial charge >= 0.3 is 6.18 Å². The topological polar surface area (TPSA) is 81.5 Å². The highest BCUT2D eigenvalue weighted by atomic mass is 35.5. The highest BCUT2D eigenvalue weighted by Gasteiger charge is 2.33. The van der Waals surface area contributed by atoms with Crippen molar-refractivity contribution in [2.45, 2.75) is 11.1 Å². The van der Waals surface area contributed by atoms with Crippen molar-refractivity contribution in [2.24, 2.45) is 0 Å². The van der Waals surface area contributed by atoms with Crippen LogP contribution < -0.4 is 10.1 Å². The molecule has 0 saturated carbocycles. The Hall–Kier alpha value is -2.46. The van der Waals surface area contributed by atoms with E-state index in [0.717, 1.165) is 23.9 Å². The van der Waals surface area contributed by atoms with Gasteiger partial charge in [-0.2, -0.15) is 13.2 Å². The van der Waals surface area contributed by atoms with Gasteiger partial charge in [0.1, 0.15) is 12.4 Å². The molecule has 2 aromatic rings. The second kappa shape index (κ2) is 9.65. The summed E-state index contributed by atoms with van der Waals surface area (Å²) in [7, 11) is 0. The van der Waals surface area contributed by atoms with Gasteiger partial charge in [-0.05, 0) is 36.4 Å². The SMILES string of the molecule is O=C(CSc1ccc(C(F)(F)F)cc1[N+](=O)[O-])NCCOc1ccc(Cl)cc1. The Balaban J connectivity index is 1.83. The molecule has 28 heavy (non-hydrogen) atoms. The first kappa shape index (κ1) is 21.8. The number of nitro benzene ring substituents is 1. The zero-order chi connectivity index (χ0) is 20.7. The van der Waals surface area contributed by atoms with Crippen LogP contribution in [0.5, 0.6) is 5.75 Å². The summed E-state index contributed by atoms with van der Waals surface area (Å²) in [5.41, 5.74) is -1.81. The van der Waals surface area contributed by atoms with Crippen molar-refractivity contribution in [3.8, 4) is 5.75 Å². The van der Waals surface area contributed by atoms with Gasteiger partial charge in [-0.15, -0.1) is 11.8 Å². The Labute approximate surface area is 167 Å². The molecule has 0 bridgehead atoms. The van der Waals surface area contributed by atoms with E-state index < -0.39 is 28.3 Å². The molecular weight excluding hydrogens is 421 g/mol. The summed E-state index contributed by atoms with van der Waals surface area (Å²) in [6.07, 6.45) is -4.69. The molecule has 0 aliphatic rings. The highest BCUT2D eigenvalue weighted by molar-refractivity contribution is 8.00. The van der Waals surface area contributed by atoms with Crippen LogP contribution in [0.15, 0.2) is 47.4 Å². The number of carbonyl (C=O) groups excluding carboxylic acids is 1. The van der Waals surface area contributed by atoms with Crippen LogP contribution in [-0.2, 0) is 11.0 Å². The number of alkyl halides is 3. The van der Waals surface area contributed by atoms with Crippen LogP contribution in [-0.4, -0.2) is 29.7 Å². The number of thioether (sulfide) groups is 1. The molecule has 11 heteroatoms. The highest BCUT2D eigenvalue weighted by Crippen LogP contribution is 2.36. The fourth-order valence-corrected chi connectivity index (χ4v) is 3.00. The lowest BCUT2D eigenvalue weighted by molar-refractivity contribution is -0.388. The molecule has 0 saturated heterocycles. The molecule has 1 amide bonds. The van der Waals surface area contributed by atoms with Crippen LogP contribution in [0.3, 0.4) is 0 Å². The third kappa shape index (κ3) is 6.61. The second-order valence-corrected chi connectivity index (χ2v) is 6.83. The number of nitro groups is 1. The van der Waals surface area contributed by atoms with E-state index in [1.54, 1.807) is 24.3 Å². The van der Waals surface area contributed by atoms with Gasteiger partial charge in [0.05, 0.1) is 27.7 Å². The van der Waals surface area contributed by atoms with Gasteiger partial charge in [0.2, 0.25) is 5.91 Å². The zero-order valence-electron chi connectivity index (χ0n) is 14.2. The number of benzene rings is 2. The molecule has 0 aliphatic carbocycles. The first-order chi connectivity index (χ1) is 13.2. The summed E-state index contributed by atoms with van der Waals surface area (Å²) in [4.78, 5) is 21.9. The lowest BCUT2D eigenvalue weighted by Gasteiger charge is -2.09. The molecule has 0 atom stereocenters. The van der Waals surface area contributed by atoms with E-state index in [1.165, 1.54) is 0 Å². The predicted molar refractivity (Wildman–Crippen MR) is 98.8 cm³/mol. The molecule has 0 heterocycles. The third-order valence-electron chi connectivity index (χ3n) is 3.35. The minimum absolute atomic E-state index is 0.0226. The lowest BCUT2D eigenvalue weighted by atomic mass is 10.2. The summed E-state index contributed by atoms with van der Waals surface area (Å²) in [5, 5.41) is 14.1. The molecule has 0 fully saturated rings. The monoisotopic (exact) mass is 434 g/mol. The van der Waals surface area contributed by atoms with Gasteiger partial charge in [0.15, 0.2) is 0 Å². The molecule has 6 nitrogen and oxygen atoms in total. The fraction of sp³-hybridized carbons (Fsp3) is 0.235. The summed E-state index contributed by atoms with van der Waals surface area (Å²) in [6, 6.07) is 8.84. The summed E-state index contributed by atoms with van der Waals surface area (Å²) in [5.74, 6) is -0.0417. The largest absolute Gasteiger partial charge is 0.492 e. The van der Waals surface area contributed by atoms with E-state index in [9.17, 15) is 28.1 Å². The maximum Gasteiger partial charge on any atom is 0.416 e. The predicted octanol–water partition coefficient (Wildman–Crippen LogP) is 4.55. The third-order valence-corrected chi connectivity index (χ3v) is 4.66. The fourth-order valence-electron chi connectivity index (χ4n) is 2.04. The first-order valence-electron chi connectivity index (χ1n) is 7.80. The first-order valence-corrected chi connectivity index (χ1v) is 9.16. The summed E-state index contributed by atoms with van der Waals surface area (Å²) >= 11 is 6.53. The molecule has 2 aromatic carbocycles. The van der Waals surface area contributed by atoms with E-state index in [0.29, 0.717) is 16.8 Å². The molecule has 0 aliphatic heterocycles. The second-order valence-electron chi connectivity index (χ2n) is 5.38. The lowest BCUT2D eigenvalue weighted by Crippen LogP contribution is -2.29. The quantitative estimate of drug-likeness (QED) is 0.285. The number of ether oxygens (including phenoxy) is 1. The Morgan fingerprint density at radius 2 is 1.89 bits per heavy atom. The number of nitrogens with zero attached hydrogens (tertiary/aromatic N) is 1. The van der Waals surface area contributed by atoms with Gasteiger partial charge in [0, 0.05) is 11.1 Å². The molecule has 0 unspecified atom stereocenters. The number of rotatable bonds is 8. The minimum Gasteiger partial charge on any atom is -0.492 e. The number of carbonyl (C=O) groups is 1. The number of amides is 1.